The van der Waals surface area contributed by atoms with Gasteiger partial charge in [0.05, 0.1) is 24.4 Å². The Morgan fingerprint density at radius 2 is 1.80 bits per heavy atom. The number of methoxy groups -OCH3 is 1. The average molecular weight is 334 g/mol. The van der Waals surface area contributed by atoms with Crippen molar-refractivity contribution in [3.8, 4) is 0 Å². The Balaban J connectivity index is 3.66. The van der Waals surface area contributed by atoms with E-state index in [2.05, 4.69) is 9.72 Å². The van der Waals surface area contributed by atoms with E-state index in [0.717, 1.165) is 13.3 Å². The Hall–Kier alpha value is -1.08. The minimum absolute atomic E-state index is 0.671. The van der Waals surface area contributed by atoms with E-state index >= 15 is 0 Å². The maximum atomic E-state index is 13.8. The number of halogens is 6. The van der Waals surface area contributed by atoms with E-state index in [4.69, 9.17) is 23.2 Å². The van der Waals surface area contributed by atoms with Crippen LogP contribution in [0.5, 0.6) is 0 Å². The van der Waals surface area contributed by atoms with Crippen LogP contribution in [0, 0.1) is 0 Å². The molecule has 0 atom stereocenters. The summed E-state index contributed by atoms with van der Waals surface area (Å²) in [5.74, 6) is -11.4. The zero-order chi connectivity index (χ0) is 15.6. The summed E-state index contributed by atoms with van der Waals surface area (Å²) in [7, 11) is 0.916. The molecule has 0 unspecified atom stereocenters. The molecule has 0 radical (unpaired) electrons. The van der Waals surface area contributed by atoms with Gasteiger partial charge in [0.15, 0.2) is 5.69 Å². The van der Waals surface area contributed by atoms with Crippen LogP contribution in [-0.2, 0) is 16.6 Å². The van der Waals surface area contributed by atoms with Crippen molar-refractivity contribution in [2.24, 2.45) is 0 Å². The molecule has 1 aromatic rings. The van der Waals surface area contributed by atoms with Gasteiger partial charge < -0.3 is 4.74 Å². The zero-order valence-corrected chi connectivity index (χ0v) is 11.6. The highest BCUT2D eigenvalue weighted by Crippen LogP contribution is 2.41. The molecule has 1 heterocycles. The van der Waals surface area contributed by atoms with E-state index in [1.165, 1.54) is 0 Å². The number of pyridine rings is 1. The van der Waals surface area contributed by atoms with Crippen LogP contribution < -0.4 is 0 Å². The maximum absolute atomic E-state index is 13.8. The number of ether oxygens (including phenoxy) is 1. The second-order valence-electron chi connectivity index (χ2n) is 3.75. The fourth-order valence-electron chi connectivity index (χ4n) is 1.53. The monoisotopic (exact) mass is 333 g/mol. The molecular weight excluding hydrogens is 325 g/mol. The van der Waals surface area contributed by atoms with E-state index in [9.17, 15) is 22.4 Å². The smallest absolute Gasteiger partial charge is 0.357 e. The van der Waals surface area contributed by atoms with Crippen molar-refractivity contribution in [2.75, 3.05) is 18.9 Å². The lowest BCUT2D eigenvalue weighted by molar-refractivity contribution is -0.00770. The molecule has 0 N–H and O–H groups in total. The molecule has 0 spiro atoms. The molecule has 0 saturated heterocycles. The summed E-state index contributed by atoms with van der Waals surface area (Å²) in [5, 5.41) is 0. The van der Waals surface area contributed by atoms with E-state index in [0.29, 0.717) is 6.07 Å². The SMILES string of the molecule is COC(=O)c1nccc(C(F)(F)CCl)c1C(F)(F)CCl. The molecule has 0 saturated carbocycles. The van der Waals surface area contributed by atoms with Crippen LogP contribution in [0.4, 0.5) is 17.6 Å². The van der Waals surface area contributed by atoms with Crippen LogP contribution in [0.25, 0.3) is 0 Å². The second-order valence-corrected chi connectivity index (χ2v) is 4.28. The molecule has 20 heavy (non-hydrogen) atoms. The summed E-state index contributed by atoms with van der Waals surface area (Å²) >= 11 is 10.2. The van der Waals surface area contributed by atoms with Crippen molar-refractivity contribution in [1.82, 2.24) is 4.98 Å². The molecule has 0 aromatic carbocycles. The lowest BCUT2D eigenvalue weighted by Gasteiger charge is -2.23. The summed E-state index contributed by atoms with van der Waals surface area (Å²) in [6.07, 6.45) is 0.801. The normalized spacial score (nSPS) is 12.3. The molecule has 0 amide bonds. The van der Waals surface area contributed by atoms with Gasteiger partial charge in [-0.2, -0.15) is 17.6 Å². The van der Waals surface area contributed by atoms with Gasteiger partial charge in [-0.1, -0.05) is 0 Å². The molecule has 3 nitrogen and oxygen atoms in total. The van der Waals surface area contributed by atoms with E-state index in [1.807, 2.05) is 0 Å². The van der Waals surface area contributed by atoms with Gasteiger partial charge in [0, 0.05) is 11.8 Å². The summed E-state index contributed by atoms with van der Waals surface area (Å²) in [6.45, 7) is 0. The first-order valence-electron chi connectivity index (χ1n) is 5.17. The van der Waals surface area contributed by atoms with Crippen LogP contribution in [-0.4, -0.2) is 29.8 Å². The van der Waals surface area contributed by atoms with Gasteiger partial charge in [-0.3, -0.25) is 0 Å². The van der Waals surface area contributed by atoms with Crippen LogP contribution in [0.2, 0.25) is 0 Å². The van der Waals surface area contributed by atoms with Crippen LogP contribution in [0.15, 0.2) is 12.3 Å². The molecule has 0 bridgehead atoms. The molecule has 1 aromatic heterocycles. The highest BCUT2D eigenvalue weighted by molar-refractivity contribution is 6.19. The van der Waals surface area contributed by atoms with Gasteiger partial charge in [0.2, 0.25) is 0 Å². The molecule has 1 rings (SSSR count). The van der Waals surface area contributed by atoms with E-state index in [-0.39, 0.29) is 0 Å². The Kier molecular flexibility index (Phi) is 5.21. The molecule has 0 fully saturated rings. The van der Waals surface area contributed by atoms with Gasteiger partial charge in [0.25, 0.3) is 11.8 Å². The molecule has 9 heteroatoms. The molecule has 112 valence electrons. The number of alkyl halides is 6. The lowest BCUT2D eigenvalue weighted by atomic mass is 9.97. The lowest BCUT2D eigenvalue weighted by Crippen LogP contribution is -2.29. The molecular formula is C11H9Cl2F4NO2. The highest BCUT2D eigenvalue weighted by Gasteiger charge is 2.45. The Bertz CT molecular complexity index is 511. The number of nitrogens with zero attached hydrogens (tertiary/aromatic N) is 1. The number of carbonyl (C=O) groups excluding carboxylic acids is 1. The Labute approximate surface area is 121 Å². The third kappa shape index (κ3) is 3.15. The Morgan fingerprint density at radius 1 is 1.25 bits per heavy atom. The summed E-state index contributed by atoms with van der Waals surface area (Å²) < 4.78 is 59.2. The number of aromatic nitrogens is 1. The number of hydrogen-bond donors (Lipinski definition) is 0. The van der Waals surface area contributed by atoms with Crippen LogP contribution in [0.3, 0.4) is 0 Å². The average Bonchev–Trinajstić information content (AvgIpc) is 2.45. The van der Waals surface area contributed by atoms with Gasteiger partial charge in [-0.25, -0.2) is 9.78 Å². The number of rotatable bonds is 5. The largest absolute Gasteiger partial charge is 0.464 e. The van der Waals surface area contributed by atoms with Crippen molar-refractivity contribution < 1.29 is 27.1 Å². The summed E-state index contributed by atoms with van der Waals surface area (Å²) in [6, 6.07) is 0.671. The van der Waals surface area contributed by atoms with Crippen LogP contribution in [0.1, 0.15) is 21.6 Å². The van der Waals surface area contributed by atoms with Crippen molar-refractivity contribution in [2.45, 2.75) is 11.8 Å². The van der Waals surface area contributed by atoms with Crippen molar-refractivity contribution in [3.05, 3.63) is 29.1 Å². The van der Waals surface area contributed by atoms with Crippen molar-refractivity contribution >= 4 is 29.2 Å². The quantitative estimate of drug-likeness (QED) is 0.470. The minimum Gasteiger partial charge on any atom is -0.464 e. The minimum atomic E-state index is -3.88. The van der Waals surface area contributed by atoms with Gasteiger partial charge in [0.1, 0.15) is 0 Å². The standard InChI is InChI=1S/C11H9Cl2F4NO2/c1-20-9(19)8-7(11(16,17)5-13)6(2-3-18-8)10(14,15)4-12/h2-3H,4-5H2,1H3. The molecule has 0 aliphatic rings. The second kappa shape index (κ2) is 6.13. The number of carbonyl (C=O) groups is 1. The molecule has 0 aliphatic heterocycles. The topological polar surface area (TPSA) is 39.2 Å². The predicted octanol–water partition coefficient (Wildman–Crippen LogP) is 3.53. The fourth-order valence-corrected chi connectivity index (χ4v) is 1.80. The first kappa shape index (κ1) is 17.0. The van der Waals surface area contributed by atoms with Gasteiger partial charge in [-0.15, -0.1) is 23.2 Å². The summed E-state index contributed by atoms with van der Waals surface area (Å²) in [4.78, 5) is 14.8. The first-order valence-corrected chi connectivity index (χ1v) is 6.24. The third-order valence-corrected chi connectivity index (χ3v) is 3.10. The Morgan fingerprint density at radius 3 is 2.25 bits per heavy atom. The van der Waals surface area contributed by atoms with Crippen molar-refractivity contribution in [3.63, 3.8) is 0 Å². The summed E-state index contributed by atoms with van der Waals surface area (Å²) in [5.41, 5.74) is -3.29. The predicted molar refractivity (Wildman–Crippen MR) is 64.8 cm³/mol. The van der Waals surface area contributed by atoms with Gasteiger partial charge in [-0.05, 0) is 6.07 Å². The van der Waals surface area contributed by atoms with E-state index < -0.39 is 46.4 Å². The van der Waals surface area contributed by atoms with Gasteiger partial charge >= 0.3 is 5.97 Å². The first-order chi connectivity index (χ1) is 9.21. The van der Waals surface area contributed by atoms with E-state index in [1.54, 1.807) is 0 Å². The maximum Gasteiger partial charge on any atom is 0.357 e. The fraction of sp³-hybridized carbons (Fsp3) is 0.455. The van der Waals surface area contributed by atoms with Crippen LogP contribution >= 0.6 is 23.2 Å². The zero-order valence-electron chi connectivity index (χ0n) is 10.1. The third-order valence-electron chi connectivity index (χ3n) is 2.43. The van der Waals surface area contributed by atoms with Crippen molar-refractivity contribution in [1.29, 1.82) is 0 Å². The highest BCUT2D eigenvalue weighted by atomic mass is 35.5. The molecule has 0 aliphatic carbocycles. The number of esters is 1. The number of hydrogen-bond acceptors (Lipinski definition) is 3.